The van der Waals surface area contributed by atoms with Gasteiger partial charge in [0.25, 0.3) is 0 Å². The Labute approximate surface area is 92.5 Å². The number of aromatic nitrogens is 1. The van der Waals surface area contributed by atoms with Crippen LogP contribution in [-0.4, -0.2) is 36.1 Å². The Morgan fingerprint density at radius 1 is 1.47 bits per heavy atom. The molecule has 0 bridgehead atoms. The van der Waals surface area contributed by atoms with E-state index in [0.717, 1.165) is 18.9 Å². The molecule has 1 heterocycles. The molecule has 1 aromatic heterocycles. The first-order valence-corrected chi connectivity index (χ1v) is 5.47. The van der Waals surface area contributed by atoms with Gasteiger partial charge in [0.15, 0.2) is 0 Å². The highest BCUT2D eigenvalue weighted by atomic mass is 15.1. The summed E-state index contributed by atoms with van der Waals surface area (Å²) in [6, 6.07) is 4.62. The zero-order valence-electron chi connectivity index (χ0n) is 10.1. The van der Waals surface area contributed by atoms with Crippen LogP contribution in [0.25, 0.3) is 0 Å². The van der Waals surface area contributed by atoms with Crippen molar-refractivity contribution in [1.82, 2.24) is 9.88 Å². The lowest BCUT2D eigenvalue weighted by Crippen LogP contribution is -2.31. The Kier molecular flexibility index (Phi) is 4.56. The summed E-state index contributed by atoms with van der Waals surface area (Å²) in [5.41, 5.74) is 1.20. The summed E-state index contributed by atoms with van der Waals surface area (Å²) in [6.45, 7) is 8.44. The molecular formula is C12H21N3. The minimum Gasteiger partial charge on any atom is -0.369 e. The van der Waals surface area contributed by atoms with E-state index < -0.39 is 0 Å². The molecule has 1 aromatic rings. The van der Waals surface area contributed by atoms with Crippen molar-refractivity contribution in [3.8, 4) is 0 Å². The Bertz CT molecular complexity index is 297. The molecule has 0 saturated carbocycles. The van der Waals surface area contributed by atoms with E-state index in [2.05, 4.69) is 49.1 Å². The summed E-state index contributed by atoms with van der Waals surface area (Å²) >= 11 is 0. The van der Waals surface area contributed by atoms with Gasteiger partial charge < -0.3 is 10.2 Å². The number of likely N-dealkylation sites (N-methyl/N-ethyl adjacent to an activating group) is 1. The van der Waals surface area contributed by atoms with Gasteiger partial charge >= 0.3 is 0 Å². The number of anilines is 1. The topological polar surface area (TPSA) is 28.2 Å². The third-order valence-electron chi connectivity index (χ3n) is 2.65. The fourth-order valence-corrected chi connectivity index (χ4v) is 1.28. The van der Waals surface area contributed by atoms with Crippen molar-refractivity contribution in [2.45, 2.75) is 26.8 Å². The molecule has 0 amide bonds. The van der Waals surface area contributed by atoms with Crippen molar-refractivity contribution in [2.75, 3.05) is 25.5 Å². The van der Waals surface area contributed by atoms with Crippen molar-refractivity contribution >= 4 is 5.82 Å². The highest BCUT2D eigenvalue weighted by Gasteiger charge is 2.02. The van der Waals surface area contributed by atoms with Crippen molar-refractivity contribution in [2.24, 2.45) is 0 Å². The van der Waals surface area contributed by atoms with Gasteiger partial charge in [-0.1, -0.05) is 6.07 Å². The van der Waals surface area contributed by atoms with Crippen LogP contribution in [0, 0.1) is 6.92 Å². The van der Waals surface area contributed by atoms with Crippen LogP contribution >= 0.6 is 0 Å². The highest BCUT2D eigenvalue weighted by molar-refractivity contribution is 5.42. The fraction of sp³-hybridized carbons (Fsp3) is 0.583. The standard InChI is InChI=1S/C12H21N3/c1-10(2)15(4)9-8-14-12-11(3)6-5-7-13-12/h5-7,10H,8-9H2,1-4H3,(H,13,14). The lowest BCUT2D eigenvalue weighted by atomic mass is 10.3. The molecule has 3 nitrogen and oxygen atoms in total. The molecule has 0 saturated heterocycles. The molecule has 0 fully saturated rings. The normalized spacial score (nSPS) is 11.1. The molecule has 0 aromatic carbocycles. The van der Waals surface area contributed by atoms with E-state index in [0.29, 0.717) is 6.04 Å². The predicted octanol–water partition coefficient (Wildman–Crippen LogP) is 2.14. The van der Waals surface area contributed by atoms with Gasteiger partial charge in [-0.05, 0) is 39.4 Å². The maximum atomic E-state index is 4.29. The summed E-state index contributed by atoms with van der Waals surface area (Å²) in [7, 11) is 2.14. The third kappa shape index (κ3) is 3.88. The Morgan fingerprint density at radius 3 is 2.80 bits per heavy atom. The van der Waals surface area contributed by atoms with Crippen LogP contribution in [0.4, 0.5) is 5.82 Å². The van der Waals surface area contributed by atoms with E-state index in [-0.39, 0.29) is 0 Å². The summed E-state index contributed by atoms with van der Waals surface area (Å²) in [6.07, 6.45) is 1.82. The summed E-state index contributed by atoms with van der Waals surface area (Å²) in [5, 5.41) is 3.35. The van der Waals surface area contributed by atoms with Gasteiger partial charge in [-0.2, -0.15) is 0 Å². The maximum absolute atomic E-state index is 4.29. The Morgan fingerprint density at radius 2 is 2.20 bits per heavy atom. The number of nitrogens with one attached hydrogen (secondary N) is 1. The summed E-state index contributed by atoms with van der Waals surface area (Å²) < 4.78 is 0. The van der Waals surface area contributed by atoms with Gasteiger partial charge in [0.2, 0.25) is 0 Å². The second-order valence-electron chi connectivity index (χ2n) is 4.17. The molecular weight excluding hydrogens is 186 g/mol. The summed E-state index contributed by atoms with van der Waals surface area (Å²) in [4.78, 5) is 6.60. The van der Waals surface area contributed by atoms with E-state index in [9.17, 15) is 0 Å². The second kappa shape index (κ2) is 5.71. The number of nitrogens with zero attached hydrogens (tertiary/aromatic N) is 2. The lowest BCUT2D eigenvalue weighted by Gasteiger charge is -2.21. The quantitative estimate of drug-likeness (QED) is 0.802. The third-order valence-corrected chi connectivity index (χ3v) is 2.65. The fourth-order valence-electron chi connectivity index (χ4n) is 1.28. The number of pyridine rings is 1. The van der Waals surface area contributed by atoms with E-state index in [1.54, 1.807) is 0 Å². The molecule has 1 rings (SSSR count). The van der Waals surface area contributed by atoms with Gasteiger partial charge in [0, 0.05) is 25.3 Å². The Balaban J connectivity index is 2.35. The van der Waals surface area contributed by atoms with E-state index in [4.69, 9.17) is 0 Å². The zero-order valence-corrected chi connectivity index (χ0v) is 10.1. The number of rotatable bonds is 5. The molecule has 15 heavy (non-hydrogen) atoms. The van der Waals surface area contributed by atoms with E-state index in [1.807, 2.05) is 12.3 Å². The zero-order chi connectivity index (χ0) is 11.3. The largest absolute Gasteiger partial charge is 0.369 e. The lowest BCUT2D eigenvalue weighted by molar-refractivity contribution is 0.284. The van der Waals surface area contributed by atoms with Crippen molar-refractivity contribution < 1.29 is 0 Å². The van der Waals surface area contributed by atoms with Crippen molar-refractivity contribution in [3.05, 3.63) is 23.9 Å². The van der Waals surface area contributed by atoms with Gasteiger partial charge in [-0.25, -0.2) is 4.98 Å². The van der Waals surface area contributed by atoms with Crippen molar-refractivity contribution in [1.29, 1.82) is 0 Å². The number of hydrogen-bond donors (Lipinski definition) is 1. The maximum Gasteiger partial charge on any atom is 0.128 e. The first-order chi connectivity index (χ1) is 7.11. The SMILES string of the molecule is Cc1cccnc1NCCN(C)C(C)C. The number of aryl methyl sites for hydroxylation is 1. The average Bonchev–Trinajstić information content (AvgIpc) is 2.20. The van der Waals surface area contributed by atoms with Gasteiger partial charge in [0.05, 0.1) is 0 Å². The highest BCUT2D eigenvalue weighted by Crippen LogP contribution is 2.08. The number of hydrogen-bond acceptors (Lipinski definition) is 3. The molecule has 0 spiro atoms. The molecule has 0 aliphatic carbocycles. The first kappa shape index (κ1) is 12.0. The van der Waals surface area contributed by atoms with E-state index >= 15 is 0 Å². The minimum atomic E-state index is 0.594. The Hall–Kier alpha value is -1.09. The minimum absolute atomic E-state index is 0.594. The van der Waals surface area contributed by atoms with E-state index in [1.165, 1.54) is 5.56 Å². The smallest absolute Gasteiger partial charge is 0.128 e. The second-order valence-corrected chi connectivity index (χ2v) is 4.17. The van der Waals surface area contributed by atoms with Crippen LogP contribution in [0.15, 0.2) is 18.3 Å². The molecule has 84 valence electrons. The molecule has 0 radical (unpaired) electrons. The van der Waals surface area contributed by atoms with Crippen LogP contribution in [0.2, 0.25) is 0 Å². The van der Waals surface area contributed by atoms with Crippen LogP contribution in [-0.2, 0) is 0 Å². The molecule has 0 unspecified atom stereocenters. The van der Waals surface area contributed by atoms with Gasteiger partial charge in [0.1, 0.15) is 5.82 Å². The monoisotopic (exact) mass is 207 g/mol. The molecule has 0 atom stereocenters. The van der Waals surface area contributed by atoms with Crippen LogP contribution < -0.4 is 5.32 Å². The van der Waals surface area contributed by atoms with Crippen LogP contribution in [0.5, 0.6) is 0 Å². The van der Waals surface area contributed by atoms with Crippen molar-refractivity contribution in [3.63, 3.8) is 0 Å². The van der Waals surface area contributed by atoms with Gasteiger partial charge in [-0.15, -0.1) is 0 Å². The molecule has 1 N–H and O–H groups in total. The van der Waals surface area contributed by atoms with Crippen LogP contribution in [0.3, 0.4) is 0 Å². The average molecular weight is 207 g/mol. The predicted molar refractivity (Wildman–Crippen MR) is 65.2 cm³/mol. The summed E-state index contributed by atoms with van der Waals surface area (Å²) in [5.74, 6) is 0.995. The molecule has 3 heteroatoms. The van der Waals surface area contributed by atoms with Gasteiger partial charge in [-0.3, -0.25) is 0 Å². The molecule has 0 aliphatic heterocycles. The van der Waals surface area contributed by atoms with Crippen LogP contribution in [0.1, 0.15) is 19.4 Å². The molecule has 0 aliphatic rings. The first-order valence-electron chi connectivity index (χ1n) is 5.47.